The van der Waals surface area contributed by atoms with Gasteiger partial charge < -0.3 is 9.84 Å². The fourth-order valence-electron chi connectivity index (χ4n) is 1.84. The van der Waals surface area contributed by atoms with Crippen molar-refractivity contribution in [2.75, 3.05) is 0 Å². The van der Waals surface area contributed by atoms with Gasteiger partial charge in [-0.05, 0) is 30.3 Å². The van der Waals surface area contributed by atoms with Gasteiger partial charge in [0.25, 0.3) is 0 Å². The number of fused-ring (bicyclic) bond motifs is 1. The van der Waals surface area contributed by atoms with E-state index in [2.05, 4.69) is 0 Å². The third-order valence-electron chi connectivity index (χ3n) is 2.70. The summed E-state index contributed by atoms with van der Waals surface area (Å²) in [7, 11) is 0. The van der Waals surface area contributed by atoms with Crippen LogP contribution in [0.4, 0.5) is 0 Å². The summed E-state index contributed by atoms with van der Waals surface area (Å²) in [5.74, 6) is 0.498. The van der Waals surface area contributed by atoms with Gasteiger partial charge in [0.1, 0.15) is 16.4 Å². The summed E-state index contributed by atoms with van der Waals surface area (Å²) in [6, 6.07) is 16.7. The second-order valence-corrected chi connectivity index (χ2v) is 5.08. The van der Waals surface area contributed by atoms with E-state index < -0.39 is 5.97 Å². The van der Waals surface area contributed by atoms with E-state index in [0.29, 0.717) is 10.6 Å². The average Bonchev–Trinajstić information content (AvgIpc) is 2.85. The Bertz CT molecular complexity index is 731. The molecule has 3 aromatic rings. The van der Waals surface area contributed by atoms with E-state index >= 15 is 0 Å². The van der Waals surface area contributed by atoms with Crippen LogP contribution < -0.4 is 4.74 Å². The first-order valence-electron chi connectivity index (χ1n) is 5.73. The molecule has 19 heavy (non-hydrogen) atoms. The molecule has 1 aromatic heterocycles. The molecule has 3 rings (SSSR count). The summed E-state index contributed by atoms with van der Waals surface area (Å²) in [5, 5.41) is 9.86. The maximum Gasteiger partial charge on any atom is 0.345 e. The zero-order valence-corrected chi connectivity index (χ0v) is 10.7. The molecule has 1 heterocycles. The van der Waals surface area contributed by atoms with Crippen LogP contribution in [0.2, 0.25) is 0 Å². The summed E-state index contributed by atoms with van der Waals surface area (Å²) < 4.78 is 6.71. The molecule has 4 heteroatoms. The molecule has 0 saturated carbocycles. The zero-order valence-electron chi connectivity index (χ0n) is 9.87. The number of aromatic carboxylic acids is 1. The number of carboxylic acid groups (broad SMARTS) is 1. The molecule has 0 saturated heterocycles. The van der Waals surface area contributed by atoms with Crippen molar-refractivity contribution in [2.24, 2.45) is 0 Å². The highest BCUT2D eigenvalue weighted by atomic mass is 32.1. The topological polar surface area (TPSA) is 46.5 Å². The lowest BCUT2D eigenvalue weighted by Crippen LogP contribution is -1.89. The van der Waals surface area contributed by atoms with E-state index in [1.54, 1.807) is 6.07 Å². The minimum absolute atomic E-state index is 0.319. The lowest BCUT2D eigenvalue weighted by atomic mass is 10.2. The normalized spacial score (nSPS) is 10.5. The molecule has 0 bridgehead atoms. The van der Waals surface area contributed by atoms with Gasteiger partial charge in [0.05, 0.1) is 0 Å². The Morgan fingerprint density at radius 1 is 1.05 bits per heavy atom. The van der Waals surface area contributed by atoms with Crippen LogP contribution in [0.1, 0.15) is 9.67 Å². The fraction of sp³-hybridized carbons (Fsp3) is 0. The molecule has 0 amide bonds. The van der Waals surface area contributed by atoms with Crippen LogP contribution in [-0.4, -0.2) is 11.1 Å². The second kappa shape index (κ2) is 4.74. The second-order valence-electron chi connectivity index (χ2n) is 4.00. The molecule has 2 aromatic carbocycles. The Hall–Kier alpha value is -2.33. The van der Waals surface area contributed by atoms with E-state index in [4.69, 9.17) is 9.84 Å². The number of thiophene rings is 1. The molecule has 0 aliphatic rings. The highest BCUT2D eigenvalue weighted by molar-refractivity contribution is 7.20. The van der Waals surface area contributed by atoms with Crippen LogP contribution in [0.3, 0.4) is 0 Å². The number of para-hydroxylation sites is 1. The molecule has 0 spiro atoms. The minimum atomic E-state index is -0.910. The first-order chi connectivity index (χ1) is 9.24. The number of ether oxygens (including phenoxy) is 1. The van der Waals surface area contributed by atoms with Crippen LogP contribution in [0.25, 0.3) is 10.1 Å². The molecular formula is C15H10O3S. The molecule has 1 N–H and O–H groups in total. The molecule has 3 nitrogen and oxygen atoms in total. The van der Waals surface area contributed by atoms with Gasteiger partial charge in [-0.2, -0.15) is 0 Å². The SMILES string of the molecule is O=C(O)c1cc2c(Oc3ccccc3)cccc2s1. The lowest BCUT2D eigenvalue weighted by Gasteiger charge is -2.06. The van der Waals surface area contributed by atoms with Crippen LogP contribution in [-0.2, 0) is 0 Å². The third kappa shape index (κ3) is 2.30. The van der Waals surface area contributed by atoms with Gasteiger partial charge in [0.15, 0.2) is 0 Å². The minimum Gasteiger partial charge on any atom is -0.477 e. The number of hydrogen-bond donors (Lipinski definition) is 1. The Morgan fingerprint density at radius 3 is 2.58 bits per heavy atom. The van der Waals surface area contributed by atoms with Crippen molar-refractivity contribution in [1.29, 1.82) is 0 Å². The van der Waals surface area contributed by atoms with Gasteiger partial charge in [-0.1, -0.05) is 24.3 Å². The molecule has 0 unspecified atom stereocenters. The van der Waals surface area contributed by atoms with Crippen LogP contribution >= 0.6 is 11.3 Å². The van der Waals surface area contributed by atoms with Crippen molar-refractivity contribution in [1.82, 2.24) is 0 Å². The van der Waals surface area contributed by atoms with Crippen molar-refractivity contribution < 1.29 is 14.6 Å². The molecule has 0 aliphatic carbocycles. The summed E-state index contributed by atoms with van der Waals surface area (Å²) in [5.41, 5.74) is 0. The molecule has 0 fully saturated rings. The van der Waals surface area contributed by atoms with Crippen molar-refractivity contribution in [3.8, 4) is 11.5 Å². The highest BCUT2D eigenvalue weighted by Gasteiger charge is 2.11. The van der Waals surface area contributed by atoms with Crippen LogP contribution in [0.15, 0.2) is 54.6 Å². The van der Waals surface area contributed by atoms with Crippen molar-refractivity contribution >= 4 is 27.4 Å². The first-order valence-corrected chi connectivity index (χ1v) is 6.54. The lowest BCUT2D eigenvalue weighted by molar-refractivity contribution is 0.0702. The standard InChI is InChI=1S/C15H10O3S/c16-15(17)14-9-11-12(7-4-8-13(11)19-14)18-10-5-2-1-3-6-10/h1-9H,(H,16,17). The summed E-state index contributed by atoms with van der Waals surface area (Å²) in [4.78, 5) is 11.3. The third-order valence-corrected chi connectivity index (χ3v) is 3.79. The van der Waals surface area contributed by atoms with Gasteiger partial charge in [0.2, 0.25) is 0 Å². The van der Waals surface area contributed by atoms with Gasteiger partial charge in [-0.15, -0.1) is 11.3 Å². The Kier molecular flexibility index (Phi) is 2.93. The van der Waals surface area contributed by atoms with E-state index in [9.17, 15) is 4.79 Å². The maximum absolute atomic E-state index is 11.0. The Labute approximate surface area is 113 Å². The van der Waals surface area contributed by atoms with Crippen LogP contribution in [0.5, 0.6) is 11.5 Å². The van der Waals surface area contributed by atoms with Gasteiger partial charge >= 0.3 is 5.97 Å². The van der Waals surface area contributed by atoms with Crippen molar-refractivity contribution in [2.45, 2.75) is 0 Å². The largest absolute Gasteiger partial charge is 0.477 e. The Morgan fingerprint density at radius 2 is 1.84 bits per heavy atom. The summed E-state index contributed by atoms with van der Waals surface area (Å²) in [6.07, 6.45) is 0. The van der Waals surface area contributed by atoms with Gasteiger partial charge in [-0.3, -0.25) is 0 Å². The predicted molar refractivity (Wildman–Crippen MR) is 75.3 cm³/mol. The van der Waals surface area contributed by atoms with E-state index in [0.717, 1.165) is 15.8 Å². The molecule has 0 atom stereocenters. The number of benzene rings is 2. The monoisotopic (exact) mass is 270 g/mol. The van der Waals surface area contributed by atoms with Crippen molar-refractivity contribution in [3.63, 3.8) is 0 Å². The summed E-state index contributed by atoms with van der Waals surface area (Å²) in [6.45, 7) is 0. The van der Waals surface area contributed by atoms with Gasteiger partial charge in [-0.25, -0.2) is 4.79 Å². The molecule has 0 radical (unpaired) electrons. The van der Waals surface area contributed by atoms with E-state index in [-0.39, 0.29) is 0 Å². The quantitative estimate of drug-likeness (QED) is 0.767. The number of carboxylic acids is 1. The van der Waals surface area contributed by atoms with Crippen molar-refractivity contribution in [3.05, 3.63) is 59.5 Å². The van der Waals surface area contributed by atoms with E-state index in [1.165, 1.54) is 11.3 Å². The average molecular weight is 270 g/mol. The maximum atomic E-state index is 11.0. The highest BCUT2D eigenvalue weighted by Crippen LogP contribution is 2.35. The van der Waals surface area contributed by atoms with Crippen LogP contribution in [0, 0.1) is 0 Å². The zero-order chi connectivity index (χ0) is 13.2. The summed E-state index contributed by atoms with van der Waals surface area (Å²) >= 11 is 1.25. The number of carbonyl (C=O) groups is 1. The fourth-order valence-corrected chi connectivity index (χ4v) is 2.76. The van der Waals surface area contributed by atoms with Gasteiger partial charge in [0, 0.05) is 10.1 Å². The van der Waals surface area contributed by atoms with E-state index in [1.807, 2.05) is 48.5 Å². The Balaban J connectivity index is 2.06. The predicted octanol–water partition coefficient (Wildman–Crippen LogP) is 4.39. The number of rotatable bonds is 3. The molecular weight excluding hydrogens is 260 g/mol. The molecule has 0 aliphatic heterocycles. The molecule has 94 valence electrons. The number of hydrogen-bond acceptors (Lipinski definition) is 3. The smallest absolute Gasteiger partial charge is 0.345 e. The first kappa shape index (κ1) is 11.7.